The third kappa shape index (κ3) is 7.01. The van der Waals surface area contributed by atoms with Gasteiger partial charge in [-0.25, -0.2) is 0 Å². The minimum absolute atomic E-state index is 0.160. The molecule has 1 heterocycles. The van der Waals surface area contributed by atoms with Gasteiger partial charge in [0.2, 0.25) is 0 Å². The van der Waals surface area contributed by atoms with Gasteiger partial charge in [0.25, 0.3) is 0 Å². The summed E-state index contributed by atoms with van der Waals surface area (Å²) in [6.45, 7) is 3.84. The molecule has 28 heavy (non-hydrogen) atoms. The van der Waals surface area contributed by atoms with Crippen molar-refractivity contribution in [3.05, 3.63) is 18.2 Å². The predicted molar refractivity (Wildman–Crippen MR) is 105 cm³/mol. The fourth-order valence-electron chi connectivity index (χ4n) is 3.06. The number of piperidine rings is 1. The van der Waals surface area contributed by atoms with Crippen LogP contribution in [0, 0.1) is 0 Å². The number of aliphatic imine (C=N–C) groups is 1. The third-order valence-electron chi connectivity index (χ3n) is 4.55. The Kier molecular flexibility index (Phi) is 8.07. The number of hydrogen-bond donors (Lipinski definition) is 2. The van der Waals surface area contributed by atoms with Crippen molar-refractivity contribution in [2.24, 2.45) is 4.99 Å². The van der Waals surface area contributed by atoms with Crippen molar-refractivity contribution in [2.75, 3.05) is 45.3 Å². The van der Waals surface area contributed by atoms with Gasteiger partial charge in [0.05, 0.1) is 27.2 Å². The summed E-state index contributed by atoms with van der Waals surface area (Å²) < 4.78 is 47.6. The molecule has 1 fully saturated rings. The maximum Gasteiger partial charge on any atom is 0.390 e. The van der Waals surface area contributed by atoms with Crippen LogP contribution < -0.4 is 25.0 Å². The van der Waals surface area contributed by atoms with Crippen molar-refractivity contribution < 1.29 is 22.6 Å². The molecular formula is C19H29F3N4O2. The molecule has 9 heteroatoms. The van der Waals surface area contributed by atoms with Gasteiger partial charge in [0.1, 0.15) is 11.5 Å². The Labute approximate surface area is 164 Å². The number of nitrogens with zero attached hydrogens (tertiary/aromatic N) is 2. The van der Waals surface area contributed by atoms with Gasteiger partial charge in [-0.1, -0.05) is 0 Å². The lowest BCUT2D eigenvalue weighted by Gasteiger charge is -2.34. The quantitative estimate of drug-likeness (QED) is 0.542. The van der Waals surface area contributed by atoms with Crippen molar-refractivity contribution in [3.63, 3.8) is 0 Å². The monoisotopic (exact) mass is 402 g/mol. The van der Waals surface area contributed by atoms with Crippen LogP contribution in [-0.2, 0) is 0 Å². The Morgan fingerprint density at radius 3 is 2.25 bits per heavy atom. The summed E-state index contributed by atoms with van der Waals surface area (Å²) in [4.78, 5) is 6.29. The van der Waals surface area contributed by atoms with Gasteiger partial charge >= 0.3 is 6.18 Å². The summed E-state index contributed by atoms with van der Waals surface area (Å²) in [6, 6.07) is 5.93. The highest BCUT2D eigenvalue weighted by Crippen LogP contribution is 2.30. The number of ether oxygens (including phenoxy) is 2. The summed E-state index contributed by atoms with van der Waals surface area (Å²) in [5.74, 6) is 1.91. The van der Waals surface area contributed by atoms with E-state index in [0.717, 1.165) is 43.1 Å². The number of methoxy groups -OCH3 is 2. The zero-order chi connectivity index (χ0) is 20.6. The maximum atomic E-state index is 12.3. The average Bonchev–Trinajstić information content (AvgIpc) is 2.67. The molecule has 158 valence electrons. The molecule has 1 aliphatic rings. The number of hydrogen-bond acceptors (Lipinski definition) is 4. The first-order valence-corrected chi connectivity index (χ1v) is 9.44. The second-order valence-electron chi connectivity index (χ2n) is 6.60. The standard InChI is InChI=1S/C19H29F3N4O2/c1-4-23-18(24-8-7-19(20,21)22)25-14-5-9-26(10-6-14)15-11-16(27-2)13-17(12-15)28-3/h11-14H,4-10H2,1-3H3,(H2,23,24,25). The van der Waals surface area contributed by atoms with Crippen LogP contribution in [0.3, 0.4) is 0 Å². The smallest absolute Gasteiger partial charge is 0.390 e. The van der Waals surface area contributed by atoms with Crippen LogP contribution >= 0.6 is 0 Å². The van der Waals surface area contributed by atoms with Gasteiger partial charge in [-0.3, -0.25) is 4.99 Å². The largest absolute Gasteiger partial charge is 0.497 e. The molecular weight excluding hydrogens is 373 g/mol. The number of guanidine groups is 1. The Hall–Kier alpha value is -2.32. The fraction of sp³-hybridized carbons (Fsp3) is 0.632. The van der Waals surface area contributed by atoms with E-state index < -0.39 is 12.6 Å². The van der Waals surface area contributed by atoms with Crippen LogP contribution in [0.1, 0.15) is 26.2 Å². The highest BCUT2D eigenvalue weighted by Gasteiger charge is 2.26. The lowest BCUT2D eigenvalue weighted by molar-refractivity contribution is -0.132. The van der Waals surface area contributed by atoms with Gasteiger partial charge in [-0.05, 0) is 19.8 Å². The molecule has 1 aromatic carbocycles. The van der Waals surface area contributed by atoms with E-state index in [0.29, 0.717) is 12.5 Å². The van der Waals surface area contributed by atoms with Crippen molar-refractivity contribution in [3.8, 4) is 11.5 Å². The van der Waals surface area contributed by atoms with Crippen molar-refractivity contribution in [1.29, 1.82) is 0 Å². The van der Waals surface area contributed by atoms with Crippen LogP contribution in [-0.4, -0.2) is 58.6 Å². The second kappa shape index (κ2) is 10.3. The predicted octanol–water partition coefficient (Wildman–Crippen LogP) is 3.18. The molecule has 1 saturated heterocycles. The third-order valence-corrected chi connectivity index (χ3v) is 4.55. The molecule has 0 spiro atoms. The highest BCUT2D eigenvalue weighted by atomic mass is 19.4. The zero-order valence-electron chi connectivity index (χ0n) is 16.6. The van der Waals surface area contributed by atoms with E-state index in [4.69, 9.17) is 9.47 Å². The first-order chi connectivity index (χ1) is 13.3. The summed E-state index contributed by atoms with van der Waals surface area (Å²) in [5.41, 5.74) is 1.03. The molecule has 0 amide bonds. The highest BCUT2D eigenvalue weighted by molar-refractivity contribution is 5.80. The minimum Gasteiger partial charge on any atom is -0.497 e. The molecule has 6 nitrogen and oxygen atoms in total. The number of alkyl halides is 3. The van der Waals surface area contributed by atoms with E-state index >= 15 is 0 Å². The Morgan fingerprint density at radius 2 is 1.75 bits per heavy atom. The van der Waals surface area contributed by atoms with E-state index in [-0.39, 0.29) is 12.6 Å². The lowest BCUT2D eigenvalue weighted by atomic mass is 10.0. The van der Waals surface area contributed by atoms with E-state index in [2.05, 4.69) is 20.5 Å². The maximum absolute atomic E-state index is 12.3. The molecule has 1 aliphatic heterocycles. The van der Waals surface area contributed by atoms with Gasteiger partial charge in [-0.2, -0.15) is 13.2 Å². The summed E-state index contributed by atoms with van der Waals surface area (Å²) in [5, 5.41) is 6.27. The number of benzene rings is 1. The summed E-state index contributed by atoms with van der Waals surface area (Å²) in [7, 11) is 3.24. The molecule has 0 radical (unpaired) electrons. The van der Waals surface area contributed by atoms with E-state index in [9.17, 15) is 13.2 Å². The summed E-state index contributed by atoms with van der Waals surface area (Å²) >= 11 is 0. The average molecular weight is 402 g/mol. The fourth-order valence-corrected chi connectivity index (χ4v) is 3.06. The Balaban J connectivity index is 1.92. The van der Waals surface area contributed by atoms with Crippen molar-refractivity contribution >= 4 is 11.6 Å². The van der Waals surface area contributed by atoms with Crippen LogP contribution in [0.15, 0.2) is 23.2 Å². The van der Waals surface area contributed by atoms with E-state index in [1.165, 1.54) is 0 Å². The van der Waals surface area contributed by atoms with E-state index in [1.54, 1.807) is 14.2 Å². The molecule has 0 atom stereocenters. The molecule has 0 saturated carbocycles. The van der Waals surface area contributed by atoms with Crippen LogP contribution in [0.2, 0.25) is 0 Å². The normalized spacial score (nSPS) is 16.1. The van der Waals surface area contributed by atoms with Crippen LogP contribution in [0.25, 0.3) is 0 Å². The first kappa shape index (κ1) is 22.0. The van der Waals surface area contributed by atoms with Crippen molar-refractivity contribution in [2.45, 2.75) is 38.4 Å². The molecule has 1 aromatic rings. The van der Waals surface area contributed by atoms with Gasteiger partial charge in [0, 0.05) is 49.6 Å². The molecule has 2 N–H and O–H groups in total. The summed E-state index contributed by atoms with van der Waals surface area (Å²) in [6.07, 6.45) is -3.41. The molecule has 2 rings (SSSR count). The van der Waals surface area contributed by atoms with E-state index in [1.807, 2.05) is 25.1 Å². The van der Waals surface area contributed by atoms with Crippen molar-refractivity contribution in [1.82, 2.24) is 10.6 Å². The zero-order valence-corrected chi connectivity index (χ0v) is 16.6. The molecule has 0 bridgehead atoms. The van der Waals surface area contributed by atoms with Crippen LogP contribution in [0.4, 0.5) is 18.9 Å². The van der Waals surface area contributed by atoms with Gasteiger partial charge < -0.3 is 25.0 Å². The van der Waals surface area contributed by atoms with Gasteiger partial charge in [0.15, 0.2) is 5.96 Å². The van der Waals surface area contributed by atoms with Gasteiger partial charge in [-0.15, -0.1) is 0 Å². The topological polar surface area (TPSA) is 58.1 Å². The van der Waals surface area contributed by atoms with Crippen LogP contribution in [0.5, 0.6) is 11.5 Å². The molecule has 0 unspecified atom stereocenters. The molecule has 0 aromatic heterocycles. The molecule has 0 aliphatic carbocycles. The second-order valence-corrected chi connectivity index (χ2v) is 6.60. The Morgan fingerprint density at radius 1 is 1.14 bits per heavy atom. The number of anilines is 1. The number of nitrogens with one attached hydrogen (secondary N) is 2. The lowest BCUT2D eigenvalue weighted by Crippen LogP contribution is -2.48. The number of rotatable bonds is 7. The first-order valence-electron chi connectivity index (χ1n) is 9.44. The number of halogens is 3. The SMILES string of the molecule is CCNC(=NCCC(F)(F)F)NC1CCN(c2cc(OC)cc(OC)c2)CC1. The Bertz CT molecular complexity index is 622. The minimum atomic E-state index is -4.19.